The third kappa shape index (κ3) is 5.66. The van der Waals surface area contributed by atoms with Crippen molar-refractivity contribution in [1.29, 1.82) is 0 Å². The normalized spacial score (nSPS) is 11.5. The zero-order valence-corrected chi connectivity index (χ0v) is 31.0. The van der Waals surface area contributed by atoms with E-state index in [9.17, 15) is 0 Å². The highest BCUT2D eigenvalue weighted by Crippen LogP contribution is 2.43. The minimum Gasteiger partial charge on any atom is -0.435 e. The van der Waals surface area contributed by atoms with Crippen molar-refractivity contribution in [1.82, 2.24) is 9.55 Å². The minimum absolute atomic E-state index is 0.614. The highest BCUT2D eigenvalue weighted by molar-refractivity contribution is 6.21. The molecular formula is C53H35N3O. The first-order valence-corrected chi connectivity index (χ1v) is 19.3. The lowest BCUT2D eigenvalue weighted by Gasteiger charge is -2.27. The van der Waals surface area contributed by atoms with Crippen molar-refractivity contribution in [3.8, 4) is 39.4 Å². The molecule has 0 radical (unpaired) electrons. The molecule has 0 amide bonds. The highest BCUT2D eigenvalue weighted by atomic mass is 16.3. The van der Waals surface area contributed by atoms with Crippen LogP contribution in [0.5, 0.6) is 0 Å². The Hall–Kier alpha value is -7.69. The summed E-state index contributed by atoms with van der Waals surface area (Å²) in [6.07, 6.45) is 0. The van der Waals surface area contributed by atoms with Crippen molar-refractivity contribution in [2.45, 2.75) is 0 Å². The first-order chi connectivity index (χ1) is 28.3. The molecular weight excluding hydrogens is 695 g/mol. The maximum atomic E-state index is 6.51. The monoisotopic (exact) mass is 729 g/mol. The van der Waals surface area contributed by atoms with E-state index in [1.807, 2.05) is 36.4 Å². The van der Waals surface area contributed by atoms with Gasteiger partial charge >= 0.3 is 0 Å². The largest absolute Gasteiger partial charge is 0.435 e. The first-order valence-electron chi connectivity index (χ1n) is 19.3. The van der Waals surface area contributed by atoms with Gasteiger partial charge in [-0.15, -0.1) is 0 Å². The molecule has 0 spiro atoms. The van der Waals surface area contributed by atoms with Crippen LogP contribution >= 0.6 is 0 Å². The van der Waals surface area contributed by atoms with Crippen LogP contribution in [0.1, 0.15) is 0 Å². The highest BCUT2D eigenvalue weighted by Gasteiger charge is 2.21. The number of para-hydroxylation sites is 2. The van der Waals surface area contributed by atoms with Gasteiger partial charge in [0, 0.05) is 44.6 Å². The number of rotatable bonds is 7. The molecule has 0 saturated heterocycles. The Balaban J connectivity index is 1.13. The van der Waals surface area contributed by atoms with Crippen molar-refractivity contribution in [2.75, 3.05) is 4.90 Å². The molecule has 57 heavy (non-hydrogen) atoms. The van der Waals surface area contributed by atoms with E-state index < -0.39 is 0 Å². The van der Waals surface area contributed by atoms with E-state index in [2.05, 4.69) is 185 Å². The lowest BCUT2D eigenvalue weighted by atomic mass is 10.0. The number of hydrogen-bond acceptors (Lipinski definition) is 3. The van der Waals surface area contributed by atoms with E-state index in [0.29, 0.717) is 5.89 Å². The molecule has 0 aliphatic rings. The second-order valence-corrected chi connectivity index (χ2v) is 14.4. The molecule has 0 saturated carbocycles. The van der Waals surface area contributed by atoms with Crippen LogP contribution < -0.4 is 4.90 Å². The van der Waals surface area contributed by atoms with Crippen LogP contribution in [0.4, 0.5) is 17.1 Å². The molecule has 4 heteroatoms. The fraction of sp³-hybridized carbons (Fsp3) is 0. The SMILES string of the molecule is c1ccc(-c2cccc(N(c3cccc(-c4cccc5nc(-c6ccccc6)oc45)c3)c3ccc4c5c6ccccc6ccc5n(-c5ccccc5)c4c3)c2)cc1. The average molecular weight is 730 g/mol. The maximum absolute atomic E-state index is 6.51. The van der Waals surface area contributed by atoms with E-state index in [1.54, 1.807) is 0 Å². The predicted molar refractivity (Wildman–Crippen MR) is 237 cm³/mol. The van der Waals surface area contributed by atoms with E-state index in [0.717, 1.165) is 61.6 Å². The Bertz CT molecular complexity index is 3240. The summed E-state index contributed by atoms with van der Waals surface area (Å²) in [5, 5.41) is 4.95. The van der Waals surface area contributed by atoms with E-state index in [1.165, 1.54) is 32.6 Å². The molecule has 0 N–H and O–H groups in total. The molecule has 0 atom stereocenters. The summed E-state index contributed by atoms with van der Waals surface area (Å²) in [4.78, 5) is 7.25. The number of fused-ring (bicyclic) bond motifs is 6. The number of aromatic nitrogens is 2. The molecule has 0 aliphatic carbocycles. The lowest BCUT2D eigenvalue weighted by Crippen LogP contribution is -2.10. The number of nitrogens with zero attached hydrogens (tertiary/aromatic N) is 3. The molecule has 268 valence electrons. The fourth-order valence-corrected chi connectivity index (χ4v) is 8.37. The van der Waals surface area contributed by atoms with Gasteiger partial charge in [-0.1, -0.05) is 140 Å². The maximum Gasteiger partial charge on any atom is 0.227 e. The Morgan fingerprint density at radius 2 is 1.05 bits per heavy atom. The smallest absolute Gasteiger partial charge is 0.227 e. The summed E-state index contributed by atoms with van der Waals surface area (Å²) in [6.45, 7) is 0. The second kappa shape index (κ2) is 13.6. The molecule has 9 aromatic carbocycles. The second-order valence-electron chi connectivity index (χ2n) is 14.4. The zero-order chi connectivity index (χ0) is 37.7. The van der Waals surface area contributed by atoms with Crippen LogP contribution in [0.15, 0.2) is 217 Å². The van der Waals surface area contributed by atoms with Crippen LogP contribution in [0.3, 0.4) is 0 Å². The Morgan fingerprint density at radius 3 is 1.84 bits per heavy atom. The van der Waals surface area contributed by atoms with E-state index >= 15 is 0 Å². The van der Waals surface area contributed by atoms with Crippen LogP contribution in [0, 0.1) is 0 Å². The topological polar surface area (TPSA) is 34.2 Å². The van der Waals surface area contributed by atoms with Crippen molar-refractivity contribution >= 4 is 60.7 Å². The Kier molecular flexibility index (Phi) is 7.78. The van der Waals surface area contributed by atoms with Gasteiger partial charge in [0.15, 0.2) is 5.58 Å². The van der Waals surface area contributed by atoms with Gasteiger partial charge in [-0.3, -0.25) is 0 Å². The number of anilines is 3. The van der Waals surface area contributed by atoms with Crippen molar-refractivity contribution in [3.63, 3.8) is 0 Å². The molecule has 2 heterocycles. The summed E-state index contributed by atoms with van der Waals surface area (Å²) < 4.78 is 8.92. The molecule has 2 aromatic heterocycles. The number of hydrogen-bond donors (Lipinski definition) is 0. The molecule has 0 bridgehead atoms. The quantitative estimate of drug-likeness (QED) is 0.164. The van der Waals surface area contributed by atoms with Crippen molar-refractivity contribution in [3.05, 3.63) is 212 Å². The average Bonchev–Trinajstić information content (AvgIpc) is 3.88. The molecule has 0 aliphatic heterocycles. The van der Waals surface area contributed by atoms with Gasteiger partial charge in [-0.25, -0.2) is 4.98 Å². The van der Waals surface area contributed by atoms with E-state index in [-0.39, 0.29) is 0 Å². The lowest BCUT2D eigenvalue weighted by molar-refractivity contribution is 0.621. The Labute approximate surface area is 330 Å². The first kappa shape index (κ1) is 32.7. The van der Waals surface area contributed by atoms with Crippen molar-refractivity contribution < 1.29 is 4.42 Å². The van der Waals surface area contributed by atoms with Gasteiger partial charge in [0.2, 0.25) is 5.89 Å². The summed E-state index contributed by atoms with van der Waals surface area (Å²) in [5.41, 5.74) is 13.5. The number of oxazole rings is 1. The summed E-state index contributed by atoms with van der Waals surface area (Å²) in [5.74, 6) is 0.614. The van der Waals surface area contributed by atoms with Crippen LogP contribution in [-0.2, 0) is 0 Å². The molecule has 11 aromatic rings. The third-order valence-electron chi connectivity index (χ3n) is 11.0. The van der Waals surface area contributed by atoms with Crippen LogP contribution in [-0.4, -0.2) is 9.55 Å². The number of benzene rings is 9. The molecule has 0 fully saturated rings. The zero-order valence-electron chi connectivity index (χ0n) is 31.0. The molecule has 11 rings (SSSR count). The van der Waals surface area contributed by atoms with Gasteiger partial charge < -0.3 is 13.9 Å². The standard InChI is InChI=1S/C53H35N3O/c1-4-15-36(16-5-1)39-20-12-24-42(33-39)55(43-25-13-21-40(34-43)46-27-14-28-48-52(46)57-53(54-48)38-18-6-2-7-19-38)44-30-31-47-50(35-44)56(41-22-8-3-9-23-41)49-32-29-37-17-10-11-26-45(37)51(47)49/h1-35H. The van der Waals surface area contributed by atoms with Gasteiger partial charge in [-0.05, 0) is 100 Å². The van der Waals surface area contributed by atoms with Crippen LogP contribution in [0.2, 0.25) is 0 Å². The predicted octanol–water partition coefficient (Wildman–Crippen LogP) is 14.5. The van der Waals surface area contributed by atoms with Gasteiger partial charge in [-0.2, -0.15) is 0 Å². The fourth-order valence-electron chi connectivity index (χ4n) is 8.37. The molecule has 0 unspecified atom stereocenters. The van der Waals surface area contributed by atoms with Crippen LogP contribution in [0.25, 0.3) is 83.1 Å². The minimum atomic E-state index is 0.614. The Morgan fingerprint density at radius 1 is 0.421 bits per heavy atom. The van der Waals surface area contributed by atoms with Gasteiger partial charge in [0.25, 0.3) is 0 Å². The van der Waals surface area contributed by atoms with Crippen molar-refractivity contribution in [2.24, 2.45) is 0 Å². The summed E-state index contributed by atoms with van der Waals surface area (Å²) >= 11 is 0. The summed E-state index contributed by atoms with van der Waals surface area (Å²) in [6, 6.07) is 75.2. The summed E-state index contributed by atoms with van der Waals surface area (Å²) in [7, 11) is 0. The third-order valence-corrected chi connectivity index (χ3v) is 11.0. The van der Waals surface area contributed by atoms with E-state index in [4.69, 9.17) is 9.40 Å². The van der Waals surface area contributed by atoms with Gasteiger partial charge in [0.1, 0.15) is 5.52 Å². The van der Waals surface area contributed by atoms with Gasteiger partial charge in [0.05, 0.1) is 11.0 Å². The molecule has 4 nitrogen and oxygen atoms in total.